The van der Waals surface area contributed by atoms with Gasteiger partial charge in [0, 0.05) is 5.69 Å². The first-order chi connectivity index (χ1) is 8.08. The van der Waals surface area contributed by atoms with Gasteiger partial charge in [0.25, 0.3) is 0 Å². The van der Waals surface area contributed by atoms with E-state index in [0.717, 1.165) is 11.8 Å². The van der Waals surface area contributed by atoms with E-state index in [1.165, 1.54) is 12.3 Å². The van der Waals surface area contributed by atoms with E-state index in [-0.39, 0.29) is 11.4 Å². The fourth-order valence-corrected chi connectivity index (χ4v) is 1.28. The van der Waals surface area contributed by atoms with Gasteiger partial charge in [0.2, 0.25) is 5.82 Å². The van der Waals surface area contributed by atoms with Crippen molar-refractivity contribution in [2.75, 3.05) is 5.73 Å². The topological polar surface area (TPSA) is 48.1 Å². The minimum absolute atomic E-state index is 0.0319. The number of rotatable bonds is 2. The lowest BCUT2D eigenvalue weighted by Gasteiger charge is -2.09. The fourth-order valence-electron chi connectivity index (χ4n) is 1.28. The average Bonchev–Trinajstić information content (AvgIpc) is 2.32. The van der Waals surface area contributed by atoms with Crippen molar-refractivity contribution in [3.63, 3.8) is 0 Å². The Hall–Kier alpha value is -2.17. The highest BCUT2D eigenvalue weighted by molar-refractivity contribution is 5.54. The summed E-state index contributed by atoms with van der Waals surface area (Å²) in [6, 6.07) is 5.50. The molecule has 2 rings (SSSR count). The molecule has 1 heterocycles. The lowest BCUT2D eigenvalue weighted by atomic mass is 10.2. The molecule has 0 aliphatic heterocycles. The zero-order valence-corrected chi connectivity index (χ0v) is 9.08. The third-order valence-corrected chi connectivity index (χ3v) is 2.18. The Kier molecular flexibility index (Phi) is 2.91. The number of anilines is 1. The van der Waals surface area contributed by atoms with E-state index < -0.39 is 11.6 Å². The Bertz CT molecular complexity index is 541. The highest BCUT2D eigenvalue weighted by Gasteiger charge is 2.14. The van der Waals surface area contributed by atoms with E-state index in [2.05, 4.69) is 4.98 Å². The van der Waals surface area contributed by atoms with Crippen molar-refractivity contribution < 1.29 is 13.5 Å². The molecule has 17 heavy (non-hydrogen) atoms. The lowest BCUT2D eigenvalue weighted by Crippen LogP contribution is -1.98. The maximum Gasteiger partial charge on any atom is 0.203 e. The standard InChI is InChI=1S/C12H10F2N2O/c1-7-2-3-8(6-16-7)17-12-10(15)5-4-9(13)11(12)14/h2-6H,15H2,1H3. The van der Waals surface area contributed by atoms with Crippen LogP contribution >= 0.6 is 0 Å². The Morgan fingerprint density at radius 2 is 1.94 bits per heavy atom. The van der Waals surface area contributed by atoms with E-state index in [1.807, 2.05) is 0 Å². The van der Waals surface area contributed by atoms with Crippen LogP contribution in [-0.2, 0) is 0 Å². The summed E-state index contributed by atoms with van der Waals surface area (Å²) in [6.07, 6.45) is 1.42. The van der Waals surface area contributed by atoms with Gasteiger partial charge in [-0.25, -0.2) is 4.39 Å². The van der Waals surface area contributed by atoms with E-state index in [4.69, 9.17) is 10.5 Å². The normalized spacial score (nSPS) is 10.3. The number of hydrogen-bond donors (Lipinski definition) is 1. The van der Waals surface area contributed by atoms with Gasteiger partial charge in [-0.2, -0.15) is 4.39 Å². The molecule has 0 radical (unpaired) electrons. The molecule has 0 spiro atoms. The molecule has 88 valence electrons. The highest BCUT2D eigenvalue weighted by Crippen LogP contribution is 2.31. The predicted molar refractivity (Wildman–Crippen MR) is 59.8 cm³/mol. The summed E-state index contributed by atoms with van der Waals surface area (Å²) >= 11 is 0. The van der Waals surface area contributed by atoms with Crippen molar-refractivity contribution in [3.05, 3.63) is 47.8 Å². The van der Waals surface area contributed by atoms with Crippen LogP contribution in [0.1, 0.15) is 5.69 Å². The maximum atomic E-state index is 13.4. The van der Waals surface area contributed by atoms with Crippen molar-refractivity contribution in [3.8, 4) is 11.5 Å². The molecule has 0 aliphatic rings. The lowest BCUT2D eigenvalue weighted by molar-refractivity contribution is 0.417. The Balaban J connectivity index is 2.36. The number of hydrogen-bond acceptors (Lipinski definition) is 3. The van der Waals surface area contributed by atoms with Crippen molar-refractivity contribution in [2.24, 2.45) is 0 Å². The Morgan fingerprint density at radius 3 is 2.59 bits per heavy atom. The van der Waals surface area contributed by atoms with Gasteiger partial charge in [0.15, 0.2) is 11.6 Å². The summed E-state index contributed by atoms with van der Waals surface area (Å²) in [5, 5.41) is 0. The van der Waals surface area contributed by atoms with Gasteiger partial charge in [0.05, 0.1) is 11.9 Å². The summed E-state index contributed by atoms with van der Waals surface area (Å²) in [5.74, 6) is -2.14. The first-order valence-corrected chi connectivity index (χ1v) is 4.92. The van der Waals surface area contributed by atoms with E-state index in [9.17, 15) is 8.78 Å². The van der Waals surface area contributed by atoms with Gasteiger partial charge < -0.3 is 10.5 Å². The molecule has 0 saturated carbocycles. The van der Waals surface area contributed by atoms with Gasteiger partial charge >= 0.3 is 0 Å². The summed E-state index contributed by atoms with van der Waals surface area (Å²) in [6.45, 7) is 1.81. The molecule has 0 atom stereocenters. The molecule has 0 bridgehead atoms. The highest BCUT2D eigenvalue weighted by atomic mass is 19.2. The summed E-state index contributed by atoms with van der Waals surface area (Å²) in [4.78, 5) is 3.98. The maximum absolute atomic E-state index is 13.4. The third kappa shape index (κ3) is 2.33. The molecule has 0 amide bonds. The van der Waals surface area contributed by atoms with E-state index in [0.29, 0.717) is 5.75 Å². The summed E-state index contributed by atoms with van der Waals surface area (Å²) < 4.78 is 31.6. The summed E-state index contributed by atoms with van der Waals surface area (Å²) in [5.41, 5.74) is 6.34. The van der Waals surface area contributed by atoms with Gasteiger partial charge in [0.1, 0.15) is 5.75 Å². The van der Waals surface area contributed by atoms with Crippen LogP contribution < -0.4 is 10.5 Å². The second-order valence-corrected chi connectivity index (χ2v) is 3.52. The number of nitrogens with zero attached hydrogens (tertiary/aromatic N) is 1. The Morgan fingerprint density at radius 1 is 1.18 bits per heavy atom. The van der Waals surface area contributed by atoms with Crippen LogP contribution in [0.5, 0.6) is 11.5 Å². The molecule has 0 saturated heterocycles. The van der Waals surface area contributed by atoms with Crippen LogP contribution in [0, 0.1) is 18.6 Å². The summed E-state index contributed by atoms with van der Waals surface area (Å²) in [7, 11) is 0. The molecule has 0 unspecified atom stereocenters. The molecule has 2 aromatic rings. The number of ether oxygens (including phenoxy) is 1. The molecular weight excluding hydrogens is 226 g/mol. The van der Waals surface area contributed by atoms with Crippen LogP contribution in [-0.4, -0.2) is 4.98 Å². The molecule has 5 heteroatoms. The van der Waals surface area contributed by atoms with Crippen molar-refractivity contribution >= 4 is 5.69 Å². The molecule has 0 aliphatic carbocycles. The van der Waals surface area contributed by atoms with E-state index in [1.54, 1.807) is 19.1 Å². The van der Waals surface area contributed by atoms with Crippen LogP contribution in [0.4, 0.5) is 14.5 Å². The van der Waals surface area contributed by atoms with Crippen LogP contribution in [0.3, 0.4) is 0 Å². The largest absolute Gasteiger partial charge is 0.450 e. The van der Waals surface area contributed by atoms with Crippen molar-refractivity contribution in [1.82, 2.24) is 4.98 Å². The SMILES string of the molecule is Cc1ccc(Oc2c(N)ccc(F)c2F)cn1. The number of aryl methyl sites for hydroxylation is 1. The monoisotopic (exact) mass is 236 g/mol. The Labute approximate surface area is 96.9 Å². The fraction of sp³-hybridized carbons (Fsp3) is 0.0833. The molecule has 0 fully saturated rings. The second kappa shape index (κ2) is 4.37. The minimum atomic E-state index is -1.11. The number of nitrogens with two attached hydrogens (primary N) is 1. The van der Waals surface area contributed by atoms with Crippen LogP contribution in [0.15, 0.2) is 30.5 Å². The third-order valence-electron chi connectivity index (χ3n) is 2.18. The zero-order chi connectivity index (χ0) is 12.4. The molecular formula is C12H10F2N2O. The average molecular weight is 236 g/mol. The molecule has 1 aromatic carbocycles. The predicted octanol–water partition coefficient (Wildman–Crippen LogP) is 3.04. The second-order valence-electron chi connectivity index (χ2n) is 3.52. The van der Waals surface area contributed by atoms with Crippen molar-refractivity contribution in [2.45, 2.75) is 6.92 Å². The number of pyridine rings is 1. The van der Waals surface area contributed by atoms with Gasteiger partial charge in [-0.15, -0.1) is 0 Å². The quantitative estimate of drug-likeness (QED) is 0.815. The number of aromatic nitrogens is 1. The first-order valence-electron chi connectivity index (χ1n) is 4.92. The number of benzene rings is 1. The number of halogens is 2. The number of nitrogen functional groups attached to an aromatic ring is 1. The smallest absolute Gasteiger partial charge is 0.203 e. The van der Waals surface area contributed by atoms with Crippen LogP contribution in [0.2, 0.25) is 0 Å². The van der Waals surface area contributed by atoms with Crippen LogP contribution in [0.25, 0.3) is 0 Å². The van der Waals surface area contributed by atoms with Gasteiger partial charge in [-0.1, -0.05) is 0 Å². The zero-order valence-electron chi connectivity index (χ0n) is 9.08. The van der Waals surface area contributed by atoms with Gasteiger partial charge in [-0.3, -0.25) is 4.98 Å². The molecule has 1 aromatic heterocycles. The van der Waals surface area contributed by atoms with Crippen molar-refractivity contribution in [1.29, 1.82) is 0 Å². The van der Waals surface area contributed by atoms with E-state index >= 15 is 0 Å². The molecule has 2 N–H and O–H groups in total. The first kappa shape index (κ1) is 11.3. The molecule has 3 nitrogen and oxygen atoms in total. The minimum Gasteiger partial charge on any atom is -0.450 e. The van der Waals surface area contributed by atoms with Gasteiger partial charge in [-0.05, 0) is 31.2 Å².